The van der Waals surface area contributed by atoms with Gasteiger partial charge in [-0.05, 0) is 15.9 Å². The summed E-state index contributed by atoms with van der Waals surface area (Å²) in [7, 11) is 0. The summed E-state index contributed by atoms with van der Waals surface area (Å²) in [6.45, 7) is 0. The average Bonchev–Trinajstić information content (AvgIpc) is 2.12. The number of aromatic amines is 1. The van der Waals surface area contributed by atoms with E-state index in [4.69, 9.17) is 10.8 Å². The van der Waals surface area contributed by atoms with Crippen LogP contribution in [0.15, 0.2) is 21.7 Å². The molecule has 0 aliphatic heterocycles. The molecule has 5 nitrogen and oxygen atoms in total. The van der Waals surface area contributed by atoms with Gasteiger partial charge < -0.3 is 15.8 Å². The molecule has 14 heavy (non-hydrogen) atoms. The van der Waals surface area contributed by atoms with Gasteiger partial charge in [0.1, 0.15) is 6.04 Å². The second-order valence-corrected chi connectivity index (χ2v) is 3.66. The van der Waals surface area contributed by atoms with Crippen LogP contribution in [-0.2, 0) is 11.2 Å². The predicted molar refractivity (Wildman–Crippen MR) is 54.1 cm³/mol. The van der Waals surface area contributed by atoms with Crippen molar-refractivity contribution in [3.8, 4) is 0 Å². The van der Waals surface area contributed by atoms with Gasteiger partial charge >= 0.3 is 5.97 Å². The van der Waals surface area contributed by atoms with Crippen LogP contribution in [0.3, 0.4) is 0 Å². The normalized spacial score (nSPS) is 12.4. The summed E-state index contributed by atoms with van der Waals surface area (Å²) >= 11 is 3.04. The first-order valence-corrected chi connectivity index (χ1v) is 4.65. The Morgan fingerprint density at radius 2 is 2.29 bits per heavy atom. The summed E-state index contributed by atoms with van der Waals surface area (Å²) in [5.74, 6) is -1.12. The van der Waals surface area contributed by atoms with Crippen LogP contribution in [0.4, 0.5) is 0 Å². The Hall–Kier alpha value is -1.14. The van der Waals surface area contributed by atoms with Gasteiger partial charge in [0, 0.05) is 24.4 Å². The highest BCUT2D eigenvalue weighted by atomic mass is 79.9. The highest BCUT2D eigenvalue weighted by Crippen LogP contribution is 2.03. The van der Waals surface area contributed by atoms with Crippen molar-refractivity contribution < 1.29 is 9.90 Å². The van der Waals surface area contributed by atoms with E-state index in [1.807, 2.05) is 0 Å². The summed E-state index contributed by atoms with van der Waals surface area (Å²) in [5.41, 5.74) is 5.42. The fourth-order valence-corrected chi connectivity index (χ4v) is 1.36. The fourth-order valence-electron chi connectivity index (χ4n) is 0.976. The molecule has 0 aliphatic rings. The van der Waals surface area contributed by atoms with E-state index in [1.54, 1.807) is 0 Å². The molecule has 0 bridgehead atoms. The number of hydrogen-bond donors (Lipinski definition) is 3. The van der Waals surface area contributed by atoms with Crippen molar-refractivity contribution in [2.75, 3.05) is 0 Å². The van der Waals surface area contributed by atoms with Crippen LogP contribution < -0.4 is 11.2 Å². The Bertz CT molecular complexity index is 402. The van der Waals surface area contributed by atoms with Crippen LogP contribution in [0.1, 0.15) is 5.56 Å². The molecular formula is C8H9BrN2O3. The topological polar surface area (TPSA) is 96.2 Å². The molecule has 0 fully saturated rings. The van der Waals surface area contributed by atoms with Gasteiger partial charge in [0.25, 0.3) is 0 Å². The van der Waals surface area contributed by atoms with Gasteiger partial charge in [0.15, 0.2) is 5.43 Å². The minimum absolute atomic E-state index is 0.0180. The maximum Gasteiger partial charge on any atom is 0.320 e. The lowest BCUT2D eigenvalue weighted by molar-refractivity contribution is -0.138. The quantitative estimate of drug-likeness (QED) is 0.718. The van der Waals surface area contributed by atoms with E-state index < -0.39 is 12.0 Å². The van der Waals surface area contributed by atoms with Crippen molar-refractivity contribution >= 4 is 21.9 Å². The monoisotopic (exact) mass is 260 g/mol. The number of halogens is 1. The maximum absolute atomic E-state index is 11.4. The SMILES string of the molecule is N[C@H](Cc1c[nH]cc(Br)c1=O)C(=O)O. The van der Waals surface area contributed by atoms with E-state index in [0.717, 1.165) is 0 Å². The number of carbonyl (C=O) groups is 1. The number of nitrogens with one attached hydrogen (secondary N) is 1. The van der Waals surface area contributed by atoms with E-state index in [0.29, 0.717) is 10.0 Å². The molecule has 6 heteroatoms. The van der Waals surface area contributed by atoms with Crippen LogP contribution in [0.2, 0.25) is 0 Å². The standard InChI is InChI=1S/C8H9BrN2O3/c9-5-3-11-2-4(7(5)12)1-6(10)8(13)14/h2-3,6H,1,10H2,(H,11,12)(H,13,14)/t6-/m1/s1. The Labute approximate surface area is 88.1 Å². The summed E-state index contributed by atoms with van der Waals surface area (Å²) in [5, 5.41) is 8.55. The average molecular weight is 261 g/mol. The van der Waals surface area contributed by atoms with Crippen LogP contribution >= 0.6 is 15.9 Å². The molecule has 0 saturated heterocycles. The first kappa shape index (κ1) is 10.9. The van der Waals surface area contributed by atoms with Crippen molar-refractivity contribution in [3.05, 3.63) is 32.7 Å². The molecule has 0 aliphatic carbocycles. The van der Waals surface area contributed by atoms with E-state index in [1.165, 1.54) is 12.4 Å². The summed E-state index contributed by atoms with van der Waals surface area (Å²) in [6, 6.07) is -1.05. The molecule has 0 radical (unpaired) electrons. The lowest BCUT2D eigenvalue weighted by Crippen LogP contribution is -2.34. The molecule has 0 aromatic carbocycles. The number of carboxylic acids is 1. The summed E-state index contributed by atoms with van der Waals surface area (Å²) in [6.07, 6.45) is 2.96. The van der Waals surface area contributed by atoms with Gasteiger partial charge in [-0.3, -0.25) is 9.59 Å². The number of carboxylic acid groups (broad SMARTS) is 1. The molecule has 1 atom stereocenters. The lowest BCUT2D eigenvalue weighted by Gasteiger charge is -2.05. The second kappa shape index (κ2) is 4.39. The third-order valence-corrected chi connectivity index (χ3v) is 2.32. The minimum atomic E-state index is -1.12. The van der Waals surface area contributed by atoms with Crippen molar-refractivity contribution in [2.45, 2.75) is 12.5 Å². The van der Waals surface area contributed by atoms with E-state index in [2.05, 4.69) is 20.9 Å². The molecule has 1 heterocycles. The van der Waals surface area contributed by atoms with Gasteiger partial charge in [-0.2, -0.15) is 0 Å². The van der Waals surface area contributed by atoms with Crippen molar-refractivity contribution in [1.82, 2.24) is 4.98 Å². The molecule has 0 saturated carbocycles. The van der Waals surface area contributed by atoms with E-state index in [-0.39, 0.29) is 11.8 Å². The number of rotatable bonds is 3. The molecule has 1 aromatic heterocycles. The van der Waals surface area contributed by atoms with Crippen LogP contribution in [0.5, 0.6) is 0 Å². The van der Waals surface area contributed by atoms with Crippen molar-refractivity contribution in [2.24, 2.45) is 5.73 Å². The highest BCUT2D eigenvalue weighted by molar-refractivity contribution is 9.10. The zero-order chi connectivity index (χ0) is 10.7. The number of pyridine rings is 1. The number of nitrogens with two attached hydrogens (primary N) is 1. The van der Waals surface area contributed by atoms with Gasteiger partial charge in [-0.25, -0.2) is 0 Å². The largest absolute Gasteiger partial charge is 0.480 e. The van der Waals surface area contributed by atoms with Crippen LogP contribution in [-0.4, -0.2) is 22.1 Å². The second-order valence-electron chi connectivity index (χ2n) is 2.81. The van der Waals surface area contributed by atoms with Gasteiger partial charge in [-0.1, -0.05) is 0 Å². The minimum Gasteiger partial charge on any atom is -0.480 e. The maximum atomic E-state index is 11.4. The molecule has 0 amide bonds. The van der Waals surface area contributed by atoms with Gasteiger partial charge in [0.05, 0.1) is 4.47 Å². The predicted octanol–water partition coefficient (Wildman–Crippen LogP) is 0.0918. The first-order valence-electron chi connectivity index (χ1n) is 3.86. The lowest BCUT2D eigenvalue weighted by atomic mass is 10.1. The van der Waals surface area contributed by atoms with E-state index >= 15 is 0 Å². The molecular weight excluding hydrogens is 252 g/mol. The molecule has 0 unspecified atom stereocenters. The van der Waals surface area contributed by atoms with Gasteiger partial charge in [-0.15, -0.1) is 0 Å². The fraction of sp³-hybridized carbons (Fsp3) is 0.250. The zero-order valence-corrected chi connectivity index (χ0v) is 8.74. The van der Waals surface area contributed by atoms with Gasteiger partial charge in [0.2, 0.25) is 0 Å². The molecule has 1 rings (SSSR count). The third kappa shape index (κ3) is 2.43. The van der Waals surface area contributed by atoms with E-state index in [9.17, 15) is 9.59 Å². The molecule has 1 aromatic rings. The number of aromatic nitrogens is 1. The first-order chi connectivity index (χ1) is 6.52. The van der Waals surface area contributed by atoms with Crippen LogP contribution in [0.25, 0.3) is 0 Å². The summed E-state index contributed by atoms with van der Waals surface area (Å²) in [4.78, 5) is 24.6. The Balaban J connectivity index is 2.93. The smallest absolute Gasteiger partial charge is 0.320 e. The van der Waals surface area contributed by atoms with Crippen molar-refractivity contribution in [1.29, 1.82) is 0 Å². The number of H-pyrrole nitrogens is 1. The Kier molecular flexibility index (Phi) is 3.43. The Morgan fingerprint density at radius 1 is 1.64 bits per heavy atom. The Morgan fingerprint density at radius 3 is 2.86 bits per heavy atom. The number of hydrogen-bond acceptors (Lipinski definition) is 3. The molecule has 0 spiro atoms. The molecule has 4 N–H and O–H groups in total. The van der Waals surface area contributed by atoms with Crippen molar-refractivity contribution in [3.63, 3.8) is 0 Å². The highest BCUT2D eigenvalue weighted by Gasteiger charge is 2.14. The zero-order valence-electron chi connectivity index (χ0n) is 7.16. The summed E-state index contributed by atoms with van der Waals surface area (Å²) < 4.78 is 0.368. The molecule has 76 valence electrons. The van der Waals surface area contributed by atoms with Crippen LogP contribution in [0, 0.1) is 0 Å². The third-order valence-electron chi connectivity index (χ3n) is 1.73. The number of aliphatic carboxylic acids is 1.